The molecule has 0 aliphatic rings. The number of hydrogen-bond acceptors (Lipinski definition) is 7. The van der Waals surface area contributed by atoms with Gasteiger partial charge in [0.05, 0.1) is 7.11 Å². The molecule has 154 valence electrons. The second kappa shape index (κ2) is 13.6. The molecule has 9 nitrogen and oxygen atoms in total. The van der Waals surface area contributed by atoms with Gasteiger partial charge in [-0.3, -0.25) is 4.79 Å². The van der Waals surface area contributed by atoms with Gasteiger partial charge in [0, 0.05) is 23.0 Å². The van der Waals surface area contributed by atoms with Gasteiger partial charge in [0.1, 0.15) is 31.1 Å². The predicted octanol–water partition coefficient (Wildman–Crippen LogP) is 1.99. The lowest BCUT2D eigenvalue weighted by molar-refractivity contribution is -0.144. The van der Waals surface area contributed by atoms with Gasteiger partial charge in [0.25, 0.3) is 0 Å². The van der Waals surface area contributed by atoms with Crippen molar-refractivity contribution in [3.63, 3.8) is 0 Å². The van der Waals surface area contributed by atoms with E-state index in [1.165, 1.54) is 18.9 Å². The minimum Gasteiger partial charge on any atom is -0.491 e. The number of halogens is 1. The summed E-state index contributed by atoms with van der Waals surface area (Å²) in [6.45, 7) is -0.935. The average molecular weight is 414 g/mol. The van der Waals surface area contributed by atoms with Crippen LogP contribution in [-0.4, -0.2) is 61.8 Å². The van der Waals surface area contributed by atoms with Gasteiger partial charge in [-0.25, -0.2) is 9.18 Å². The maximum atomic E-state index is 12.2. The summed E-state index contributed by atoms with van der Waals surface area (Å²) in [4.78, 5) is 26.7. The van der Waals surface area contributed by atoms with Crippen LogP contribution in [-0.2, 0) is 20.1 Å². The Hall–Kier alpha value is -2.49. The number of carbonyl (C=O) groups excluding carboxylic acids is 2. The standard InChI is InChI=1S/C17H23FN4O5S/c1-26-17(25)15(20-16(24)14(5-7-23)21-22-19)11-28-10-12-3-2-4-13(9-12)27-8-6-18/h2-4,9,14-15,23H,5-8,10-11H2,1H3,(H,20,24). The molecule has 0 radical (unpaired) electrons. The first kappa shape index (κ1) is 23.5. The van der Waals surface area contributed by atoms with Crippen molar-refractivity contribution in [1.82, 2.24) is 5.32 Å². The molecule has 1 aromatic rings. The monoisotopic (exact) mass is 414 g/mol. The molecule has 11 heteroatoms. The number of thioether (sulfide) groups is 1. The van der Waals surface area contributed by atoms with Crippen molar-refractivity contribution in [2.24, 2.45) is 5.11 Å². The van der Waals surface area contributed by atoms with E-state index in [1.54, 1.807) is 18.2 Å². The highest BCUT2D eigenvalue weighted by Gasteiger charge is 2.25. The Morgan fingerprint density at radius 3 is 2.89 bits per heavy atom. The molecule has 2 N–H and O–H groups in total. The Bertz CT molecular complexity index is 687. The minimum atomic E-state index is -1.11. The number of esters is 1. The average Bonchev–Trinajstić information content (AvgIpc) is 2.71. The number of alkyl halides is 1. The van der Waals surface area contributed by atoms with Crippen LogP contribution in [0.3, 0.4) is 0 Å². The van der Waals surface area contributed by atoms with E-state index < -0.39 is 30.6 Å². The van der Waals surface area contributed by atoms with E-state index in [2.05, 4.69) is 15.3 Å². The lowest BCUT2D eigenvalue weighted by Crippen LogP contribution is -2.47. The number of azide groups is 1. The van der Waals surface area contributed by atoms with Crippen LogP contribution >= 0.6 is 11.8 Å². The predicted molar refractivity (Wildman–Crippen MR) is 103 cm³/mol. The number of methoxy groups -OCH3 is 1. The zero-order chi connectivity index (χ0) is 20.8. The highest BCUT2D eigenvalue weighted by atomic mass is 32.2. The van der Waals surface area contributed by atoms with Crippen LogP contribution < -0.4 is 10.1 Å². The van der Waals surface area contributed by atoms with Crippen molar-refractivity contribution >= 4 is 23.6 Å². The Morgan fingerprint density at radius 1 is 1.46 bits per heavy atom. The number of carbonyl (C=O) groups is 2. The smallest absolute Gasteiger partial charge is 0.329 e. The van der Waals surface area contributed by atoms with E-state index in [0.717, 1.165) is 5.56 Å². The summed E-state index contributed by atoms with van der Waals surface area (Å²) in [6.07, 6.45) is -0.0530. The highest BCUT2D eigenvalue weighted by Crippen LogP contribution is 2.19. The summed E-state index contributed by atoms with van der Waals surface area (Å²) in [5.74, 6) is -0.00768. The fourth-order valence-electron chi connectivity index (χ4n) is 2.18. The van der Waals surface area contributed by atoms with Crippen molar-refractivity contribution in [2.75, 3.05) is 32.8 Å². The molecule has 0 saturated carbocycles. The molecule has 1 amide bonds. The molecular formula is C17H23FN4O5S. The van der Waals surface area contributed by atoms with E-state index in [9.17, 15) is 14.0 Å². The molecule has 0 aliphatic carbocycles. The van der Waals surface area contributed by atoms with Crippen LogP contribution in [0.5, 0.6) is 5.75 Å². The molecule has 0 aromatic heterocycles. The van der Waals surface area contributed by atoms with Gasteiger partial charge < -0.3 is 19.9 Å². The zero-order valence-electron chi connectivity index (χ0n) is 15.4. The number of aliphatic hydroxyl groups is 1. The maximum absolute atomic E-state index is 12.2. The molecule has 0 aliphatic heterocycles. The van der Waals surface area contributed by atoms with Gasteiger partial charge in [-0.2, -0.15) is 11.8 Å². The first-order valence-corrected chi connectivity index (χ1v) is 9.59. The molecule has 0 saturated heterocycles. The summed E-state index contributed by atoms with van der Waals surface area (Å²) >= 11 is 1.37. The van der Waals surface area contributed by atoms with Crippen LogP contribution in [0.25, 0.3) is 10.4 Å². The van der Waals surface area contributed by atoms with Crippen LogP contribution in [0.4, 0.5) is 4.39 Å². The van der Waals surface area contributed by atoms with Crippen molar-refractivity contribution < 1.29 is 28.6 Å². The molecule has 1 rings (SSSR count). The third-order valence-electron chi connectivity index (χ3n) is 3.50. The molecule has 0 bridgehead atoms. The number of ether oxygens (including phenoxy) is 2. The fourth-order valence-corrected chi connectivity index (χ4v) is 3.17. The van der Waals surface area contributed by atoms with Gasteiger partial charge >= 0.3 is 5.97 Å². The van der Waals surface area contributed by atoms with Gasteiger partial charge in [-0.15, -0.1) is 0 Å². The quantitative estimate of drug-likeness (QED) is 0.219. The Balaban J connectivity index is 2.66. The van der Waals surface area contributed by atoms with Crippen LogP contribution in [0.2, 0.25) is 0 Å². The van der Waals surface area contributed by atoms with E-state index in [-0.39, 0.29) is 25.4 Å². The second-order valence-electron chi connectivity index (χ2n) is 5.52. The molecule has 0 spiro atoms. The Labute approximate surface area is 166 Å². The number of nitrogens with one attached hydrogen (secondary N) is 1. The fraction of sp³-hybridized carbons (Fsp3) is 0.529. The van der Waals surface area contributed by atoms with E-state index in [0.29, 0.717) is 11.5 Å². The summed E-state index contributed by atoms with van der Waals surface area (Å²) in [6, 6.07) is 5.08. The summed E-state index contributed by atoms with van der Waals surface area (Å²) < 4.78 is 22.1. The maximum Gasteiger partial charge on any atom is 0.329 e. The number of amides is 1. The molecule has 28 heavy (non-hydrogen) atoms. The Morgan fingerprint density at radius 2 is 2.25 bits per heavy atom. The number of nitrogens with zero attached hydrogens (tertiary/aromatic N) is 3. The molecule has 2 unspecified atom stereocenters. The normalized spacial score (nSPS) is 12.4. The molecule has 0 heterocycles. The van der Waals surface area contributed by atoms with Crippen molar-refractivity contribution in [2.45, 2.75) is 24.3 Å². The van der Waals surface area contributed by atoms with E-state index >= 15 is 0 Å². The van der Waals surface area contributed by atoms with E-state index in [1.807, 2.05) is 6.07 Å². The number of benzene rings is 1. The Kier molecular flexibility index (Phi) is 11.5. The van der Waals surface area contributed by atoms with Crippen LogP contribution in [0.15, 0.2) is 29.4 Å². The molecule has 2 atom stereocenters. The molecule has 0 fully saturated rings. The SMILES string of the molecule is COC(=O)C(CSCc1cccc(OCCF)c1)NC(=O)C(CCO)N=[N+]=[N-]. The van der Waals surface area contributed by atoms with E-state index in [4.69, 9.17) is 20.1 Å². The zero-order valence-corrected chi connectivity index (χ0v) is 16.2. The van der Waals surface area contributed by atoms with Gasteiger partial charge in [0.2, 0.25) is 5.91 Å². The van der Waals surface area contributed by atoms with Gasteiger partial charge in [-0.1, -0.05) is 17.2 Å². The van der Waals surface area contributed by atoms with Crippen LogP contribution in [0.1, 0.15) is 12.0 Å². The van der Waals surface area contributed by atoms with Gasteiger partial charge in [0.15, 0.2) is 0 Å². The van der Waals surface area contributed by atoms with Gasteiger partial charge in [-0.05, 0) is 29.6 Å². The first-order chi connectivity index (χ1) is 13.5. The highest BCUT2D eigenvalue weighted by molar-refractivity contribution is 7.98. The summed E-state index contributed by atoms with van der Waals surface area (Å²) in [7, 11) is 1.20. The summed E-state index contributed by atoms with van der Waals surface area (Å²) in [5.41, 5.74) is 9.42. The first-order valence-electron chi connectivity index (χ1n) is 8.44. The second-order valence-corrected chi connectivity index (χ2v) is 6.55. The largest absolute Gasteiger partial charge is 0.491 e. The topological polar surface area (TPSA) is 134 Å². The van der Waals surface area contributed by atoms with Crippen molar-refractivity contribution in [3.05, 3.63) is 40.3 Å². The van der Waals surface area contributed by atoms with Crippen LogP contribution in [0, 0.1) is 0 Å². The third-order valence-corrected chi connectivity index (χ3v) is 4.60. The third kappa shape index (κ3) is 8.47. The molecular weight excluding hydrogens is 391 g/mol. The minimum absolute atomic E-state index is 0.0206. The molecule has 1 aromatic carbocycles. The van der Waals surface area contributed by atoms with Crippen molar-refractivity contribution in [1.29, 1.82) is 0 Å². The van der Waals surface area contributed by atoms with Crippen molar-refractivity contribution in [3.8, 4) is 5.75 Å². The number of hydrogen-bond donors (Lipinski definition) is 2. The lowest BCUT2D eigenvalue weighted by atomic mass is 10.2. The number of aliphatic hydroxyl groups excluding tert-OH is 1. The summed E-state index contributed by atoms with van der Waals surface area (Å²) in [5, 5.41) is 14.8. The number of rotatable bonds is 13. The lowest BCUT2D eigenvalue weighted by Gasteiger charge is -2.18.